The molecule has 0 aromatic heterocycles. The summed E-state index contributed by atoms with van der Waals surface area (Å²) >= 11 is 0. The molecule has 0 unspecified atom stereocenters. The number of rotatable bonds is 10. The fourth-order valence-electron chi connectivity index (χ4n) is 5.99. The van der Waals surface area contributed by atoms with E-state index in [1.165, 1.54) is 55.5 Å². The number of carbonyl (C=O) groups excluding carboxylic acids is 1. The van der Waals surface area contributed by atoms with Gasteiger partial charge in [-0.3, -0.25) is 9.69 Å². The van der Waals surface area contributed by atoms with E-state index in [0.29, 0.717) is 13.1 Å². The fourth-order valence-corrected chi connectivity index (χ4v) is 5.99. The van der Waals surface area contributed by atoms with Crippen molar-refractivity contribution in [2.24, 2.45) is 5.92 Å². The van der Waals surface area contributed by atoms with Gasteiger partial charge in [-0.2, -0.15) is 13.2 Å². The van der Waals surface area contributed by atoms with Gasteiger partial charge >= 0.3 is 6.18 Å². The molecule has 0 spiro atoms. The summed E-state index contributed by atoms with van der Waals surface area (Å²) in [6.07, 6.45) is 3.85. The van der Waals surface area contributed by atoms with Crippen molar-refractivity contribution >= 4 is 11.6 Å². The Hall–Kier alpha value is -2.58. The van der Waals surface area contributed by atoms with Gasteiger partial charge in [0, 0.05) is 45.0 Å². The lowest BCUT2D eigenvalue weighted by atomic mass is 9.97. The molecule has 5 rings (SSSR count). The van der Waals surface area contributed by atoms with Crippen molar-refractivity contribution in [2.75, 3.05) is 51.1 Å². The van der Waals surface area contributed by atoms with E-state index in [-0.39, 0.29) is 24.6 Å². The number of hydrogen-bond acceptors (Lipinski definition) is 4. The highest BCUT2D eigenvalue weighted by molar-refractivity contribution is 5.81. The van der Waals surface area contributed by atoms with Crippen LogP contribution in [-0.2, 0) is 30.5 Å². The average molecular weight is 543 g/mol. The Morgan fingerprint density at radius 1 is 0.949 bits per heavy atom. The molecular formula is C31H41F3N4O. The monoisotopic (exact) mass is 542 g/mol. The summed E-state index contributed by atoms with van der Waals surface area (Å²) in [6, 6.07) is 11.8. The molecule has 0 atom stereocenters. The van der Waals surface area contributed by atoms with Crippen molar-refractivity contribution in [3.63, 3.8) is 0 Å². The van der Waals surface area contributed by atoms with Crippen molar-refractivity contribution < 1.29 is 18.0 Å². The quantitative estimate of drug-likeness (QED) is 0.413. The Balaban J connectivity index is 1.27. The normalized spacial score (nSPS) is 18.8. The van der Waals surface area contributed by atoms with Crippen LogP contribution in [0.2, 0.25) is 0 Å². The van der Waals surface area contributed by atoms with Gasteiger partial charge in [0.25, 0.3) is 0 Å². The average Bonchev–Trinajstić information content (AvgIpc) is 3.77. The molecule has 8 heteroatoms. The van der Waals surface area contributed by atoms with E-state index >= 15 is 0 Å². The zero-order valence-corrected chi connectivity index (χ0v) is 22.8. The first-order valence-corrected chi connectivity index (χ1v) is 14.6. The Morgan fingerprint density at radius 2 is 1.72 bits per heavy atom. The topological polar surface area (TPSA) is 38.8 Å². The summed E-state index contributed by atoms with van der Waals surface area (Å²) in [7, 11) is 0. The van der Waals surface area contributed by atoms with E-state index in [0.717, 1.165) is 63.1 Å². The first kappa shape index (κ1) is 28.0. The maximum atomic E-state index is 13.7. The molecule has 5 nitrogen and oxygen atoms in total. The molecule has 2 aliphatic heterocycles. The number of anilines is 1. The molecule has 1 N–H and O–H groups in total. The number of halogens is 3. The minimum Gasteiger partial charge on any atom is -0.376 e. The summed E-state index contributed by atoms with van der Waals surface area (Å²) in [5.74, 6) is 0.679. The lowest BCUT2D eigenvalue weighted by molar-refractivity contribution is -0.139. The third-order valence-corrected chi connectivity index (χ3v) is 8.41. The van der Waals surface area contributed by atoms with Gasteiger partial charge in [0.05, 0.1) is 12.1 Å². The first-order valence-electron chi connectivity index (χ1n) is 14.6. The van der Waals surface area contributed by atoms with Crippen molar-refractivity contribution in [3.05, 3.63) is 64.7 Å². The largest absolute Gasteiger partial charge is 0.416 e. The second kappa shape index (κ2) is 12.7. The molecule has 0 bridgehead atoms. The second-order valence-corrected chi connectivity index (χ2v) is 11.5. The molecule has 0 radical (unpaired) electrons. The zero-order chi connectivity index (χ0) is 27.2. The third kappa shape index (κ3) is 7.76. The van der Waals surface area contributed by atoms with Gasteiger partial charge in [-0.15, -0.1) is 0 Å². The van der Waals surface area contributed by atoms with Gasteiger partial charge in [0.1, 0.15) is 0 Å². The van der Waals surface area contributed by atoms with Gasteiger partial charge < -0.3 is 15.1 Å². The molecule has 2 aromatic rings. The molecule has 2 fully saturated rings. The summed E-state index contributed by atoms with van der Waals surface area (Å²) in [5.41, 5.74) is 3.00. The highest BCUT2D eigenvalue weighted by Crippen LogP contribution is 2.34. The van der Waals surface area contributed by atoms with Crippen molar-refractivity contribution in [1.29, 1.82) is 0 Å². The van der Waals surface area contributed by atoms with Crippen LogP contribution in [0.25, 0.3) is 0 Å². The Labute approximate surface area is 230 Å². The molecule has 1 amide bonds. The van der Waals surface area contributed by atoms with Gasteiger partial charge in [-0.1, -0.05) is 43.2 Å². The van der Waals surface area contributed by atoms with Crippen molar-refractivity contribution in [1.82, 2.24) is 14.7 Å². The van der Waals surface area contributed by atoms with Crippen LogP contribution in [0, 0.1) is 5.92 Å². The maximum Gasteiger partial charge on any atom is 0.416 e. The lowest BCUT2D eigenvalue weighted by Crippen LogP contribution is -2.41. The minimum absolute atomic E-state index is 0.0486. The van der Waals surface area contributed by atoms with Crippen LogP contribution in [-0.4, -0.2) is 66.4 Å². The van der Waals surface area contributed by atoms with Crippen LogP contribution >= 0.6 is 0 Å². The Bertz CT molecular complexity index is 1110. The van der Waals surface area contributed by atoms with E-state index in [4.69, 9.17) is 0 Å². The SMILES string of the molecule is O=C(CNc1cccc2c1CCN(CC1CC1)C2)N(CCN1CCCCCC1)Cc1ccccc1C(F)(F)F. The van der Waals surface area contributed by atoms with E-state index in [2.05, 4.69) is 21.2 Å². The van der Waals surface area contributed by atoms with E-state index in [1.54, 1.807) is 11.0 Å². The predicted octanol–water partition coefficient (Wildman–Crippen LogP) is 5.79. The molecule has 1 aliphatic carbocycles. The van der Waals surface area contributed by atoms with Crippen molar-refractivity contribution in [3.8, 4) is 0 Å². The number of benzene rings is 2. The highest BCUT2D eigenvalue weighted by atomic mass is 19.4. The van der Waals surface area contributed by atoms with Gasteiger partial charge in [0.15, 0.2) is 0 Å². The van der Waals surface area contributed by atoms with Gasteiger partial charge in [-0.25, -0.2) is 0 Å². The first-order chi connectivity index (χ1) is 18.9. The summed E-state index contributed by atoms with van der Waals surface area (Å²) in [4.78, 5) is 20.0. The van der Waals surface area contributed by atoms with Crippen LogP contribution in [0.5, 0.6) is 0 Å². The van der Waals surface area contributed by atoms with E-state index in [1.807, 2.05) is 12.1 Å². The standard InChI is InChI=1S/C31H41F3N4O/c32-31(33,34)28-10-4-3-8-26(28)23-38(19-18-36-15-5-1-2-6-16-36)30(39)20-35-29-11-7-9-25-22-37(17-14-27(25)29)21-24-12-13-24/h3-4,7-11,24,35H,1-2,5-6,12-23H2. The molecule has 1 saturated heterocycles. The van der Waals surface area contributed by atoms with Crippen LogP contribution in [0.3, 0.4) is 0 Å². The maximum absolute atomic E-state index is 13.7. The summed E-state index contributed by atoms with van der Waals surface area (Å²) in [5, 5.41) is 3.35. The molecule has 1 saturated carbocycles. The zero-order valence-electron chi connectivity index (χ0n) is 22.8. The number of alkyl halides is 3. The van der Waals surface area contributed by atoms with Crippen LogP contribution < -0.4 is 5.32 Å². The molecule has 2 heterocycles. The predicted molar refractivity (Wildman–Crippen MR) is 148 cm³/mol. The smallest absolute Gasteiger partial charge is 0.376 e. The number of hydrogen-bond donors (Lipinski definition) is 1. The number of amides is 1. The lowest BCUT2D eigenvalue weighted by Gasteiger charge is -2.31. The fraction of sp³-hybridized carbons (Fsp3) is 0.581. The number of nitrogens with one attached hydrogen (secondary N) is 1. The summed E-state index contributed by atoms with van der Waals surface area (Å²) in [6.45, 7) is 6.19. The number of likely N-dealkylation sites (tertiary alicyclic amines) is 1. The van der Waals surface area contributed by atoms with Crippen LogP contribution in [0.15, 0.2) is 42.5 Å². The van der Waals surface area contributed by atoms with Crippen molar-refractivity contribution in [2.45, 2.75) is 64.2 Å². The second-order valence-electron chi connectivity index (χ2n) is 11.5. The van der Waals surface area contributed by atoms with Gasteiger partial charge in [-0.05, 0) is 79.9 Å². The molecular weight excluding hydrogens is 501 g/mol. The van der Waals surface area contributed by atoms with Crippen LogP contribution in [0.1, 0.15) is 60.8 Å². The molecule has 212 valence electrons. The number of carbonyl (C=O) groups is 1. The van der Waals surface area contributed by atoms with Crippen LogP contribution in [0.4, 0.5) is 18.9 Å². The number of nitrogens with zero attached hydrogens (tertiary/aromatic N) is 3. The molecule has 3 aliphatic rings. The van der Waals surface area contributed by atoms with E-state index < -0.39 is 11.7 Å². The molecule has 39 heavy (non-hydrogen) atoms. The Kier molecular flexibility index (Phi) is 9.13. The van der Waals surface area contributed by atoms with E-state index in [9.17, 15) is 18.0 Å². The number of fused-ring (bicyclic) bond motifs is 1. The Morgan fingerprint density at radius 3 is 2.46 bits per heavy atom. The highest BCUT2D eigenvalue weighted by Gasteiger charge is 2.34. The van der Waals surface area contributed by atoms with Gasteiger partial charge in [0.2, 0.25) is 5.91 Å². The molecule has 2 aromatic carbocycles. The summed E-state index contributed by atoms with van der Waals surface area (Å²) < 4.78 is 41.2. The minimum atomic E-state index is -4.45. The third-order valence-electron chi connectivity index (χ3n) is 8.41.